The third kappa shape index (κ3) is 4.74. The van der Waals surface area contributed by atoms with Crippen molar-refractivity contribution in [3.63, 3.8) is 0 Å². The van der Waals surface area contributed by atoms with E-state index in [1.54, 1.807) is 7.11 Å². The first-order valence-electron chi connectivity index (χ1n) is 9.93. The molecule has 1 fully saturated rings. The smallest absolute Gasteiger partial charge is 0.227 e. The number of nitrogens with zero attached hydrogens (tertiary/aromatic N) is 5. The van der Waals surface area contributed by atoms with Gasteiger partial charge < -0.3 is 19.9 Å². The summed E-state index contributed by atoms with van der Waals surface area (Å²) < 4.78 is 5.42. The van der Waals surface area contributed by atoms with Crippen molar-refractivity contribution in [2.24, 2.45) is 0 Å². The van der Waals surface area contributed by atoms with Crippen molar-refractivity contribution < 1.29 is 4.74 Å². The summed E-state index contributed by atoms with van der Waals surface area (Å²) in [5.41, 5.74) is 1.18. The lowest BCUT2D eigenvalue weighted by atomic mass is 10.1. The van der Waals surface area contributed by atoms with Gasteiger partial charge in [0.05, 0.1) is 7.11 Å². The monoisotopic (exact) mass is 390 g/mol. The molecule has 1 aromatic carbocycles. The number of hydrogen-bond donors (Lipinski definition) is 1. The molecule has 7 nitrogen and oxygen atoms in total. The number of hydrogen-bond acceptors (Lipinski definition) is 7. The average molecular weight is 390 g/mol. The van der Waals surface area contributed by atoms with Crippen LogP contribution in [-0.2, 0) is 6.42 Å². The van der Waals surface area contributed by atoms with Crippen LogP contribution in [0.4, 0.5) is 17.6 Å². The van der Waals surface area contributed by atoms with Crippen LogP contribution in [0.5, 0.6) is 5.75 Å². The van der Waals surface area contributed by atoms with Crippen molar-refractivity contribution in [1.82, 2.24) is 15.0 Å². The first kappa shape index (κ1) is 19.0. The van der Waals surface area contributed by atoms with Gasteiger partial charge >= 0.3 is 0 Å². The summed E-state index contributed by atoms with van der Waals surface area (Å²) in [7, 11) is 1.70. The second kappa shape index (κ2) is 9.23. The normalized spacial score (nSPS) is 14.0. The molecule has 0 bridgehead atoms. The molecule has 1 aliphatic heterocycles. The van der Waals surface area contributed by atoms with Gasteiger partial charge in [-0.1, -0.05) is 24.3 Å². The summed E-state index contributed by atoms with van der Waals surface area (Å²) in [6.07, 6.45) is 4.52. The molecule has 2 aromatic heterocycles. The number of piperazine rings is 1. The van der Waals surface area contributed by atoms with Crippen LogP contribution >= 0.6 is 0 Å². The fourth-order valence-electron chi connectivity index (χ4n) is 3.51. The SMILES string of the molecule is COc1ccccc1CCNc1ccnc(N2CCN(c3ccccn3)CC2)n1. The number of pyridine rings is 1. The predicted octanol–water partition coefficient (Wildman–Crippen LogP) is 2.86. The Morgan fingerprint density at radius 1 is 0.897 bits per heavy atom. The zero-order valence-electron chi connectivity index (χ0n) is 16.7. The molecule has 1 N–H and O–H groups in total. The summed E-state index contributed by atoms with van der Waals surface area (Å²) in [6, 6.07) is 16.0. The van der Waals surface area contributed by atoms with Gasteiger partial charge in [-0.2, -0.15) is 4.98 Å². The van der Waals surface area contributed by atoms with Gasteiger partial charge in [-0.25, -0.2) is 9.97 Å². The number of benzene rings is 1. The highest BCUT2D eigenvalue weighted by Crippen LogP contribution is 2.19. The van der Waals surface area contributed by atoms with Crippen LogP contribution in [0.3, 0.4) is 0 Å². The standard InChI is InChI=1S/C22H26N6O/c1-29-19-7-3-2-6-18(19)9-12-23-20-10-13-25-22(26-20)28-16-14-27(15-17-28)21-8-4-5-11-24-21/h2-8,10-11,13H,9,12,14-17H2,1H3,(H,23,25,26). The molecule has 3 aromatic rings. The second-order valence-corrected chi connectivity index (χ2v) is 6.89. The summed E-state index contributed by atoms with van der Waals surface area (Å²) in [6.45, 7) is 4.35. The molecule has 29 heavy (non-hydrogen) atoms. The van der Waals surface area contributed by atoms with Gasteiger partial charge in [-0.3, -0.25) is 0 Å². The van der Waals surface area contributed by atoms with Crippen LogP contribution in [-0.4, -0.2) is 54.8 Å². The van der Waals surface area contributed by atoms with E-state index in [0.29, 0.717) is 0 Å². The van der Waals surface area contributed by atoms with Gasteiger partial charge in [0.25, 0.3) is 0 Å². The number of ether oxygens (including phenoxy) is 1. The Bertz CT molecular complexity index is 912. The lowest BCUT2D eigenvalue weighted by Crippen LogP contribution is -2.47. The third-order valence-electron chi connectivity index (χ3n) is 5.07. The zero-order valence-corrected chi connectivity index (χ0v) is 16.7. The zero-order chi connectivity index (χ0) is 19.9. The van der Waals surface area contributed by atoms with E-state index in [9.17, 15) is 0 Å². The van der Waals surface area contributed by atoms with E-state index >= 15 is 0 Å². The Labute approximate surface area is 171 Å². The van der Waals surface area contributed by atoms with Crippen LogP contribution < -0.4 is 19.9 Å². The molecule has 150 valence electrons. The molecule has 7 heteroatoms. The van der Waals surface area contributed by atoms with Crippen molar-refractivity contribution >= 4 is 17.6 Å². The summed E-state index contributed by atoms with van der Waals surface area (Å²) >= 11 is 0. The third-order valence-corrected chi connectivity index (χ3v) is 5.07. The first-order chi connectivity index (χ1) is 14.3. The van der Waals surface area contributed by atoms with Gasteiger partial charge in [0.1, 0.15) is 17.4 Å². The number of anilines is 3. The summed E-state index contributed by atoms with van der Waals surface area (Å²) in [4.78, 5) is 18.1. The Morgan fingerprint density at radius 3 is 2.48 bits per heavy atom. The molecule has 3 heterocycles. The minimum atomic E-state index is 0.771. The summed E-state index contributed by atoms with van der Waals surface area (Å²) in [5, 5.41) is 3.40. The average Bonchev–Trinajstić information content (AvgIpc) is 2.80. The van der Waals surface area contributed by atoms with Gasteiger partial charge in [0.15, 0.2) is 0 Å². The number of methoxy groups -OCH3 is 1. The Hall–Kier alpha value is -3.35. The van der Waals surface area contributed by atoms with Gasteiger partial charge in [-0.15, -0.1) is 0 Å². The molecule has 0 radical (unpaired) electrons. The van der Waals surface area contributed by atoms with Crippen molar-refractivity contribution in [3.05, 3.63) is 66.5 Å². The number of nitrogens with one attached hydrogen (secondary N) is 1. The molecule has 4 rings (SSSR count). The predicted molar refractivity (Wildman–Crippen MR) is 116 cm³/mol. The minimum absolute atomic E-state index is 0.771. The van der Waals surface area contributed by atoms with Gasteiger partial charge in [0, 0.05) is 45.1 Å². The van der Waals surface area contributed by atoms with E-state index < -0.39 is 0 Å². The van der Waals surface area contributed by atoms with Crippen LogP contribution in [0.2, 0.25) is 0 Å². The van der Waals surface area contributed by atoms with Gasteiger partial charge in [0.2, 0.25) is 5.95 Å². The van der Waals surface area contributed by atoms with Crippen LogP contribution in [0, 0.1) is 0 Å². The van der Waals surface area contributed by atoms with Crippen molar-refractivity contribution in [2.45, 2.75) is 6.42 Å². The molecule has 0 spiro atoms. The Morgan fingerprint density at radius 2 is 1.69 bits per heavy atom. The fraction of sp³-hybridized carbons (Fsp3) is 0.318. The molecular formula is C22H26N6O. The van der Waals surface area contributed by atoms with E-state index in [1.807, 2.05) is 48.8 Å². The number of para-hydroxylation sites is 1. The lowest BCUT2D eigenvalue weighted by Gasteiger charge is -2.35. The molecule has 0 unspecified atom stereocenters. The van der Waals surface area contributed by atoms with E-state index in [-0.39, 0.29) is 0 Å². The second-order valence-electron chi connectivity index (χ2n) is 6.89. The maximum atomic E-state index is 5.42. The van der Waals surface area contributed by atoms with E-state index in [4.69, 9.17) is 9.72 Å². The topological polar surface area (TPSA) is 66.4 Å². The molecule has 0 atom stereocenters. The molecule has 0 aliphatic carbocycles. The number of rotatable bonds is 7. The lowest BCUT2D eigenvalue weighted by molar-refractivity contribution is 0.410. The molecule has 0 saturated carbocycles. The highest BCUT2D eigenvalue weighted by atomic mass is 16.5. The largest absolute Gasteiger partial charge is 0.496 e. The first-order valence-corrected chi connectivity index (χ1v) is 9.93. The van der Waals surface area contributed by atoms with Crippen LogP contribution in [0.15, 0.2) is 60.9 Å². The van der Waals surface area contributed by atoms with E-state index in [0.717, 1.165) is 62.5 Å². The molecule has 1 saturated heterocycles. The van der Waals surface area contributed by atoms with Crippen LogP contribution in [0.1, 0.15) is 5.56 Å². The molecular weight excluding hydrogens is 364 g/mol. The quantitative estimate of drug-likeness (QED) is 0.665. The van der Waals surface area contributed by atoms with Crippen molar-refractivity contribution in [3.8, 4) is 5.75 Å². The maximum absolute atomic E-state index is 5.42. The number of aromatic nitrogens is 3. The molecule has 0 amide bonds. The Balaban J connectivity index is 1.32. The fourth-order valence-corrected chi connectivity index (χ4v) is 3.51. The minimum Gasteiger partial charge on any atom is -0.496 e. The highest BCUT2D eigenvalue weighted by molar-refractivity contribution is 5.45. The Kier molecular flexibility index (Phi) is 6.04. The van der Waals surface area contributed by atoms with Crippen molar-refractivity contribution in [1.29, 1.82) is 0 Å². The van der Waals surface area contributed by atoms with Crippen LogP contribution in [0.25, 0.3) is 0 Å². The summed E-state index contributed by atoms with van der Waals surface area (Å²) in [5.74, 6) is 3.56. The van der Waals surface area contributed by atoms with Crippen molar-refractivity contribution in [2.75, 3.05) is 55.0 Å². The van der Waals surface area contributed by atoms with E-state index in [2.05, 4.69) is 37.2 Å². The van der Waals surface area contributed by atoms with E-state index in [1.165, 1.54) is 5.56 Å². The highest BCUT2D eigenvalue weighted by Gasteiger charge is 2.20. The maximum Gasteiger partial charge on any atom is 0.227 e. The molecule has 1 aliphatic rings. The van der Waals surface area contributed by atoms with Gasteiger partial charge in [-0.05, 0) is 36.2 Å².